The Morgan fingerprint density at radius 1 is 1.26 bits per heavy atom. The molecule has 0 aromatic heterocycles. The molecule has 1 heterocycles. The molecular formula is C17H27N3O2S. The Morgan fingerprint density at radius 3 is 2.52 bits per heavy atom. The second-order valence-electron chi connectivity index (χ2n) is 5.94. The van der Waals surface area contributed by atoms with Crippen molar-refractivity contribution in [3.8, 4) is 0 Å². The summed E-state index contributed by atoms with van der Waals surface area (Å²) in [5.41, 5.74) is 6.86. The number of piperazine rings is 1. The molecule has 1 aromatic carbocycles. The van der Waals surface area contributed by atoms with Gasteiger partial charge in [0.15, 0.2) is 0 Å². The fourth-order valence-corrected chi connectivity index (χ4v) is 3.33. The summed E-state index contributed by atoms with van der Waals surface area (Å²) < 4.78 is 0. The van der Waals surface area contributed by atoms with Crippen molar-refractivity contribution in [1.82, 2.24) is 9.80 Å². The van der Waals surface area contributed by atoms with E-state index in [9.17, 15) is 9.90 Å². The van der Waals surface area contributed by atoms with Crippen LogP contribution in [0.25, 0.3) is 0 Å². The number of aliphatic hydroxyl groups excluding tert-OH is 1. The Labute approximate surface area is 142 Å². The van der Waals surface area contributed by atoms with Crippen molar-refractivity contribution in [2.24, 2.45) is 5.73 Å². The zero-order valence-corrected chi connectivity index (χ0v) is 14.5. The maximum atomic E-state index is 12.2. The first-order chi connectivity index (χ1) is 11.1. The SMILES string of the molecule is CSC[C@H](N)C(=O)N1CCN(CCC(O)c2ccccc2)CC1. The lowest BCUT2D eigenvalue weighted by molar-refractivity contribution is -0.133. The smallest absolute Gasteiger partial charge is 0.240 e. The molecule has 5 nitrogen and oxygen atoms in total. The molecule has 0 radical (unpaired) electrons. The van der Waals surface area contributed by atoms with Crippen molar-refractivity contribution in [1.29, 1.82) is 0 Å². The van der Waals surface area contributed by atoms with Crippen LogP contribution in [-0.4, -0.2) is 71.6 Å². The first-order valence-corrected chi connectivity index (χ1v) is 9.50. The van der Waals surface area contributed by atoms with Crippen LogP contribution in [0.15, 0.2) is 30.3 Å². The highest BCUT2D eigenvalue weighted by molar-refractivity contribution is 7.98. The number of hydrogen-bond donors (Lipinski definition) is 2. The Hall–Kier alpha value is -1.08. The third-order valence-corrected chi connectivity index (χ3v) is 4.94. The number of benzene rings is 1. The number of amides is 1. The van der Waals surface area contributed by atoms with Crippen LogP contribution in [-0.2, 0) is 4.79 Å². The van der Waals surface area contributed by atoms with Gasteiger partial charge in [-0.15, -0.1) is 0 Å². The van der Waals surface area contributed by atoms with Crippen LogP contribution in [0.4, 0.5) is 0 Å². The molecule has 1 aliphatic heterocycles. The molecule has 0 spiro atoms. The van der Waals surface area contributed by atoms with E-state index in [1.807, 2.05) is 41.5 Å². The molecule has 1 unspecified atom stereocenters. The van der Waals surface area contributed by atoms with Crippen LogP contribution in [0.3, 0.4) is 0 Å². The van der Waals surface area contributed by atoms with E-state index in [0.717, 1.165) is 38.3 Å². The quantitative estimate of drug-likeness (QED) is 0.775. The van der Waals surface area contributed by atoms with Gasteiger partial charge in [0.1, 0.15) is 0 Å². The first-order valence-electron chi connectivity index (χ1n) is 8.10. The molecule has 1 aromatic rings. The summed E-state index contributed by atoms with van der Waals surface area (Å²) in [6.07, 6.45) is 2.25. The van der Waals surface area contributed by atoms with Crippen molar-refractivity contribution < 1.29 is 9.90 Å². The highest BCUT2D eigenvalue weighted by Crippen LogP contribution is 2.17. The van der Waals surface area contributed by atoms with Crippen molar-refractivity contribution in [3.05, 3.63) is 35.9 Å². The van der Waals surface area contributed by atoms with Crippen molar-refractivity contribution in [2.45, 2.75) is 18.6 Å². The van der Waals surface area contributed by atoms with Crippen LogP contribution in [0.2, 0.25) is 0 Å². The third-order valence-electron chi connectivity index (χ3n) is 4.25. The number of carbonyl (C=O) groups is 1. The molecular weight excluding hydrogens is 310 g/mol. The monoisotopic (exact) mass is 337 g/mol. The molecule has 23 heavy (non-hydrogen) atoms. The Bertz CT molecular complexity index is 478. The summed E-state index contributed by atoms with van der Waals surface area (Å²) in [5.74, 6) is 0.728. The maximum absolute atomic E-state index is 12.2. The number of nitrogens with zero attached hydrogens (tertiary/aromatic N) is 2. The van der Waals surface area contributed by atoms with Crippen LogP contribution in [0, 0.1) is 0 Å². The van der Waals surface area contributed by atoms with E-state index in [-0.39, 0.29) is 5.91 Å². The fourth-order valence-electron chi connectivity index (χ4n) is 2.82. The number of rotatable bonds is 7. The van der Waals surface area contributed by atoms with Crippen molar-refractivity contribution in [3.63, 3.8) is 0 Å². The zero-order valence-electron chi connectivity index (χ0n) is 13.7. The minimum atomic E-state index is -0.425. The Balaban J connectivity index is 1.71. The molecule has 0 bridgehead atoms. The Kier molecular flexibility index (Phi) is 7.36. The minimum Gasteiger partial charge on any atom is -0.388 e. The lowest BCUT2D eigenvalue weighted by Gasteiger charge is -2.36. The van der Waals surface area contributed by atoms with E-state index in [1.54, 1.807) is 11.8 Å². The van der Waals surface area contributed by atoms with E-state index in [0.29, 0.717) is 12.2 Å². The third kappa shape index (κ3) is 5.49. The molecule has 1 fully saturated rings. The number of thioether (sulfide) groups is 1. The van der Waals surface area contributed by atoms with Crippen LogP contribution >= 0.6 is 11.8 Å². The molecule has 0 aliphatic carbocycles. The van der Waals surface area contributed by atoms with Gasteiger partial charge in [0, 0.05) is 38.5 Å². The molecule has 0 saturated carbocycles. The van der Waals surface area contributed by atoms with E-state index in [4.69, 9.17) is 5.73 Å². The predicted octanol–water partition coefficient (Wildman–Crippen LogP) is 0.945. The van der Waals surface area contributed by atoms with Crippen LogP contribution < -0.4 is 5.73 Å². The lowest BCUT2D eigenvalue weighted by atomic mass is 10.1. The van der Waals surface area contributed by atoms with E-state index >= 15 is 0 Å². The molecule has 1 amide bonds. The number of carbonyl (C=O) groups excluding carboxylic acids is 1. The number of nitrogens with two attached hydrogens (primary N) is 1. The van der Waals surface area contributed by atoms with Gasteiger partial charge in [-0.25, -0.2) is 0 Å². The highest BCUT2D eigenvalue weighted by atomic mass is 32.2. The van der Waals surface area contributed by atoms with Crippen molar-refractivity contribution in [2.75, 3.05) is 44.7 Å². The normalized spacial score (nSPS) is 18.7. The van der Waals surface area contributed by atoms with Gasteiger partial charge in [-0.05, 0) is 18.2 Å². The molecule has 1 saturated heterocycles. The lowest BCUT2D eigenvalue weighted by Crippen LogP contribution is -2.53. The van der Waals surface area contributed by atoms with Crippen LogP contribution in [0.5, 0.6) is 0 Å². The van der Waals surface area contributed by atoms with E-state index in [1.165, 1.54) is 0 Å². The number of aliphatic hydroxyl groups is 1. The van der Waals surface area contributed by atoms with Crippen molar-refractivity contribution >= 4 is 17.7 Å². The van der Waals surface area contributed by atoms with Crippen LogP contribution in [0.1, 0.15) is 18.1 Å². The van der Waals surface area contributed by atoms with Gasteiger partial charge >= 0.3 is 0 Å². The topological polar surface area (TPSA) is 69.8 Å². The Morgan fingerprint density at radius 2 is 1.91 bits per heavy atom. The van der Waals surface area contributed by atoms with Gasteiger partial charge in [-0.3, -0.25) is 9.69 Å². The molecule has 1 aliphatic rings. The van der Waals surface area contributed by atoms with Gasteiger partial charge in [-0.1, -0.05) is 30.3 Å². The molecule has 3 N–H and O–H groups in total. The summed E-state index contributed by atoms with van der Waals surface area (Å²) in [4.78, 5) is 16.3. The minimum absolute atomic E-state index is 0.0586. The van der Waals surface area contributed by atoms with Gasteiger partial charge < -0.3 is 15.7 Å². The van der Waals surface area contributed by atoms with Gasteiger partial charge in [0.25, 0.3) is 0 Å². The summed E-state index contributed by atoms with van der Waals surface area (Å²) in [6.45, 7) is 3.98. The summed E-state index contributed by atoms with van der Waals surface area (Å²) in [7, 11) is 0. The second kappa shape index (κ2) is 9.27. The van der Waals surface area contributed by atoms with E-state index < -0.39 is 12.1 Å². The van der Waals surface area contributed by atoms with Gasteiger partial charge in [0.2, 0.25) is 5.91 Å². The molecule has 128 valence electrons. The second-order valence-corrected chi connectivity index (χ2v) is 6.85. The summed E-state index contributed by atoms with van der Waals surface area (Å²) in [5, 5.41) is 10.2. The average Bonchev–Trinajstić information content (AvgIpc) is 2.60. The highest BCUT2D eigenvalue weighted by Gasteiger charge is 2.25. The van der Waals surface area contributed by atoms with E-state index in [2.05, 4.69) is 4.90 Å². The number of hydrogen-bond acceptors (Lipinski definition) is 5. The molecule has 6 heteroatoms. The predicted molar refractivity (Wildman–Crippen MR) is 95.4 cm³/mol. The fraction of sp³-hybridized carbons (Fsp3) is 0.588. The van der Waals surface area contributed by atoms with Gasteiger partial charge in [0.05, 0.1) is 12.1 Å². The van der Waals surface area contributed by atoms with Gasteiger partial charge in [-0.2, -0.15) is 11.8 Å². The first kappa shape index (κ1) is 18.3. The molecule has 2 rings (SSSR count). The summed E-state index contributed by atoms with van der Waals surface area (Å²) >= 11 is 1.60. The maximum Gasteiger partial charge on any atom is 0.240 e. The average molecular weight is 337 g/mol. The summed E-state index contributed by atoms with van der Waals surface area (Å²) in [6, 6.07) is 9.36. The molecule has 2 atom stereocenters. The standard InChI is InChI=1S/C17H27N3O2S/c1-23-13-15(18)17(22)20-11-9-19(10-12-20)8-7-16(21)14-5-3-2-4-6-14/h2-6,15-16,21H,7-13,18H2,1H3/t15-,16?/m0/s1. The largest absolute Gasteiger partial charge is 0.388 e. The zero-order chi connectivity index (χ0) is 16.7.